The standard InChI is InChI=1S/C23H34N4O9/c1-11(2)8-17(23(35)36)26-22(34)19(12(3)28)27-21(33)16(10-18(30)31)25-20(32)15(24)9-13-4-6-14(29)7-5-13/h4-7,11-12,15-17,19,28-29H,8-10,24H2,1-3H3,(H,25,32)(H,26,34)(H,27,33)(H,30,31)(H,35,36). The number of nitrogens with one attached hydrogen (secondary N) is 3. The Morgan fingerprint density at radius 3 is 1.89 bits per heavy atom. The number of carboxylic acids is 2. The molecule has 13 heteroatoms. The Labute approximate surface area is 208 Å². The van der Waals surface area contributed by atoms with E-state index in [9.17, 15) is 44.4 Å². The summed E-state index contributed by atoms with van der Waals surface area (Å²) < 4.78 is 0. The molecule has 3 amide bonds. The van der Waals surface area contributed by atoms with Crippen LogP contribution in [0.1, 0.15) is 39.2 Å². The Hall–Kier alpha value is -3.71. The van der Waals surface area contributed by atoms with Crippen LogP contribution in [0.2, 0.25) is 0 Å². The monoisotopic (exact) mass is 510 g/mol. The third kappa shape index (κ3) is 10.3. The van der Waals surface area contributed by atoms with Crippen molar-refractivity contribution in [3.8, 4) is 5.75 Å². The largest absolute Gasteiger partial charge is 0.508 e. The van der Waals surface area contributed by atoms with E-state index >= 15 is 0 Å². The van der Waals surface area contributed by atoms with Crippen LogP contribution in [-0.2, 0) is 30.4 Å². The van der Waals surface area contributed by atoms with Crippen molar-refractivity contribution in [2.75, 3.05) is 0 Å². The normalized spacial score (nSPS) is 15.2. The summed E-state index contributed by atoms with van der Waals surface area (Å²) in [6.45, 7) is 4.68. The fourth-order valence-electron chi connectivity index (χ4n) is 3.25. The summed E-state index contributed by atoms with van der Waals surface area (Å²) in [6.07, 6.45) is -2.19. The van der Waals surface area contributed by atoms with Crippen LogP contribution in [0.3, 0.4) is 0 Å². The van der Waals surface area contributed by atoms with Crippen molar-refractivity contribution in [3.05, 3.63) is 29.8 Å². The summed E-state index contributed by atoms with van der Waals surface area (Å²) in [5.74, 6) is -5.70. The number of carbonyl (C=O) groups is 5. The van der Waals surface area contributed by atoms with Crippen molar-refractivity contribution in [2.45, 2.75) is 70.3 Å². The van der Waals surface area contributed by atoms with Crippen LogP contribution < -0.4 is 21.7 Å². The second-order valence-electron chi connectivity index (χ2n) is 8.89. The van der Waals surface area contributed by atoms with Gasteiger partial charge in [0.1, 0.15) is 23.9 Å². The van der Waals surface area contributed by atoms with E-state index in [1.54, 1.807) is 26.0 Å². The molecule has 0 bridgehead atoms. The van der Waals surface area contributed by atoms with Gasteiger partial charge in [-0.15, -0.1) is 0 Å². The molecule has 0 aliphatic heterocycles. The summed E-state index contributed by atoms with van der Waals surface area (Å²) in [4.78, 5) is 60.7. The van der Waals surface area contributed by atoms with Crippen molar-refractivity contribution in [1.82, 2.24) is 16.0 Å². The van der Waals surface area contributed by atoms with Gasteiger partial charge in [0.05, 0.1) is 18.6 Å². The predicted molar refractivity (Wildman–Crippen MR) is 127 cm³/mol. The van der Waals surface area contributed by atoms with Gasteiger partial charge in [0.15, 0.2) is 0 Å². The zero-order valence-corrected chi connectivity index (χ0v) is 20.3. The maximum absolute atomic E-state index is 12.8. The number of rotatable bonds is 14. The van der Waals surface area contributed by atoms with Gasteiger partial charge in [-0.2, -0.15) is 0 Å². The summed E-state index contributed by atoms with van der Waals surface area (Å²) >= 11 is 0. The first-order valence-corrected chi connectivity index (χ1v) is 11.3. The second-order valence-corrected chi connectivity index (χ2v) is 8.89. The average Bonchev–Trinajstić information content (AvgIpc) is 2.76. The molecule has 0 spiro atoms. The molecule has 1 aromatic carbocycles. The summed E-state index contributed by atoms with van der Waals surface area (Å²) in [5, 5.41) is 44.5. The molecule has 0 fully saturated rings. The van der Waals surface area contributed by atoms with E-state index in [0.717, 1.165) is 0 Å². The lowest BCUT2D eigenvalue weighted by atomic mass is 10.0. The maximum atomic E-state index is 12.8. The topological polar surface area (TPSA) is 228 Å². The number of amides is 3. The third-order valence-electron chi connectivity index (χ3n) is 5.12. The smallest absolute Gasteiger partial charge is 0.326 e. The zero-order chi connectivity index (χ0) is 27.6. The van der Waals surface area contributed by atoms with E-state index < -0.39 is 66.4 Å². The number of nitrogens with two attached hydrogens (primary N) is 1. The summed E-state index contributed by atoms with van der Waals surface area (Å²) in [6, 6.07) is 0.186. The molecule has 0 aromatic heterocycles. The van der Waals surface area contributed by atoms with E-state index in [1.165, 1.54) is 19.1 Å². The molecule has 1 aromatic rings. The Morgan fingerprint density at radius 1 is 0.861 bits per heavy atom. The maximum Gasteiger partial charge on any atom is 0.326 e. The Morgan fingerprint density at radius 2 is 1.42 bits per heavy atom. The number of aliphatic hydroxyl groups is 1. The number of phenolic OH excluding ortho intramolecular Hbond substituents is 1. The quantitative estimate of drug-likeness (QED) is 0.147. The molecule has 0 aliphatic rings. The zero-order valence-electron chi connectivity index (χ0n) is 20.3. The van der Waals surface area contributed by atoms with E-state index in [1.807, 2.05) is 0 Å². The first kappa shape index (κ1) is 30.3. The number of hydrogen-bond acceptors (Lipinski definition) is 8. The number of carboxylic acid groups (broad SMARTS) is 2. The highest BCUT2D eigenvalue weighted by Crippen LogP contribution is 2.11. The highest BCUT2D eigenvalue weighted by Gasteiger charge is 2.33. The molecule has 0 saturated heterocycles. The second kappa shape index (κ2) is 14.0. The highest BCUT2D eigenvalue weighted by atomic mass is 16.4. The van der Waals surface area contributed by atoms with Gasteiger partial charge in [-0.3, -0.25) is 19.2 Å². The van der Waals surface area contributed by atoms with Gasteiger partial charge in [-0.1, -0.05) is 26.0 Å². The lowest BCUT2D eigenvalue weighted by Gasteiger charge is -2.26. The van der Waals surface area contributed by atoms with Gasteiger partial charge in [0.2, 0.25) is 17.7 Å². The van der Waals surface area contributed by atoms with E-state index in [2.05, 4.69) is 16.0 Å². The lowest BCUT2D eigenvalue weighted by Crippen LogP contribution is -2.60. The van der Waals surface area contributed by atoms with Gasteiger partial charge in [0, 0.05) is 0 Å². The Kier molecular flexibility index (Phi) is 11.8. The molecular formula is C23H34N4O9. The average molecular weight is 511 g/mol. The molecule has 36 heavy (non-hydrogen) atoms. The third-order valence-corrected chi connectivity index (χ3v) is 5.12. The van der Waals surface area contributed by atoms with Crippen molar-refractivity contribution >= 4 is 29.7 Å². The Bertz CT molecular complexity index is 934. The van der Waals surface area contributed by atoms with Crippen LogP contribution in [0.15, 0.2) is 24.3 Å². The van der Waals surface area contributed by atoms with Gasteiger partial charge in [-0.25, -0.2) is 4.79 Å². The van der Waals surface area contributed by atoms with E-state index in [4.69, 9.17) is 5.73 Å². The van der Waals surface area contributed by atoms with Crippen LogP contribution in [0.4, 0.5) is 0 Å². The molecule has 0 heterocycles. The van der Waals surface area contributed by atoms with Gasteiger partial charge in [0.25, 0.3) is 0 Å². The molecular weight excluding hydrogens is 476 g/mol. The minimum Gasteiger partial charge on any atom is -0.508 e. The Balaban J connectivity index is 2.94. The van der Waals surface area contributed by atoms with Crippen molar-refractivity contribution in [3.63, 3.8) is 0 Å². The van der Waals surface area contributed by atoms with Crippen LogP contribution >= 0.6 is 0 Å². The number of carbonyl (C=O) groups excluding carboxylic acids is 3. The minimum atomic E-state index is -1.64. The van der Waals surface area contributed by atoms with E-state index in [0.29, 0.717) is 5.56 Å². The van der Waals surface area contributed by atoms with Gasteiger partial charge in [-0.05, 0) is 43.4 Å². The van der Waals surface area contributed by atoms with Crippen LogP contribution in [0.25, 0.3) is 0 Å². The summed E-state index contributed by atoms with van der Waals surface area (Å²) in [7, 11) is 0. The van der Waals surface area contributed by atoms with Crippen molar-refractivity contribution in [1.29, 1.82) is 0 Å². The molecule has 0 saturated carbocycles. The minimum absolute atomic E-state index is 0.0190. The molecule has 5 unspecified atom stereocenters. The van der Waals surface area contributed by atoms with Crippen LogP contribution in [0.5, 0.6) is 5.75 Å². The van der Waals surface area contributed by atoms with Crippen LogP contribution in [0, 0.1) is 5.92 Å². The molecule has 13 nitrogen and oxygen atoms in total. The van der Waals surface area contributed by atoms with E-state index in [-0.39, 0.29) is 24.5 Å². The molecule has 200 valence electrons. The number of phenols is 1. The fourth-order valence-corrected chi connectivity index (χ4v) is 3.25. The molecule has 1 rings (SSSR count). The molecule has 0 radical (unpaired) electrons. The molecule has 9 N–H and O–H groups in total. The van der Waals surface area contributed by atoms with Gasteiger partial charge < -0.3 is 42.1 Å². The van der Waals surface area contributed by atoms with Gasteiger partial charge >= 0.3 is 11.9 Å². The first-order chi connectivity index (χ1) is 16.7. The molecule has 5 atom stereocenters. The predicted octanol–water partition coefficient (Wildman–Crippen LogP) is -1.30. The first-order valence-electron chi connectivity index (χ1n) is 11.3. The number of benzene rings is 1. The molecule has 0 aliphatic carbocycles. The van der Waals surface area contributed by atoms with Crippen LogP contribution in [-0.4, -0.2) is 80.4 Å². The number of aliphatic hydroxyl groups excluding tert-OH is 1. The SMILES string of the molecule is CC(C)CC(NC(=O)C(NC(=O)C(CC(=O)O)NC(=O)C(N)Cc1ccc(O)cc1)C(C)O)C(=O)O. The number of hydrogen-bond donors (Lipinski definition) is 8. The number of aromatic hydroxyl groups is 1. The fraction of sp³-hybridized carbons (Fsp3) is 0.522. The lowest BCUT2D eigenvalue weighted by molar-refractivity contribution is -0.144. The number of aliphatic carboxylic acids is 2. The highest BCUT2D eigenvalue weighted by molar-refractivity contribution is 5.95. The summed E-state index contributed by atoms with van der Waals surface area (Å²) in [5.41, 5.74) is 6.48. The van der Waals surface area contributed by atoms with Crippen molar-refractivity contribution in [2.24, 2.45) is 11.7 Å². The van der Waals surface area contributed by atoms with Crippen molar-refractivity contribution < 1.29 is 44.4 Å².